The van der Waals surface area contributed by atoms with Gasteiger partial charge in [0, 0.05) is 12.5 Å². The first-order valence-corrected chi connectivity index (χ1v) is 13.2. The van der Waals surface area contributed by atoms with E-state index < -0.39 is 15.9 Å². The zero-order valence-corrected chi connectivity index (χ0v) is 19.6. The van der Waals surface area contributed by atoms with Crippen molar-refractivity contribution in [2.75, 3.05) is 6.26 Å². The van der Waals surface area contributed by atoms with Crippen LogP contribution in [0.5, 0.6) is 11.5 Å². The van der Waals surface area contributed by atoms with Crippen LogP contribution in [0.1, 0.15) is 56.9 Å². The largest absolute Gasteiger partial charge is 0.457 e. The van der Waals surface area contributed by atoms with E-state index >= 15 is 0 Å². The van der Waals surface area contributed by atoms with Crippen molar-refractivity contribution in [2.45, 2.75) is 63.6 Å². The average molecular weight is 476 g/mol. The Morgan fingerprint density at radius 1 is 1.06 bits per heavy atom. The van der Waals surface area contributed by atoms with E-state index in [1.807, 2.05) is 41.1 Å². The summed E-state index contributed by atoms with van der Waals surface area (Å²) in [7, 11) is -3.51. The zero-order chi connectivity index (χ0) is 23.5. The highest BCUT2D eigenvalue weighted by Crippen LogP contribution is 2.60. The van der Waals surface area contributed by atoms with Gasteiger partial charge >= 0.3 is 0 Å². The van der Waals surface area contributed by atoms with Crippen molar-refractivity contribution >= 4 is 15.9 Å². The number of ether oxygens (including phenoxy) is 2. The Bertz CT molecular complexity index is 1100. The molecule has 2 bridgehead atoms. The summed E-state index contributed by atoms with van der Waals surface area (Å²) in [5.41, 5.74) is 0.675. The average Bonchev–Trinajstić information content (AvgIpc) is 3.28. The first-order valence-electron chi connectivity index (χ1n) is 11.3. The van der Waals surface area contributed by atoms with Crippen LogP contribution >= 0.6 is 0 Å². The van der Waals surface area contributed by atoms with E-state index in [0.717, 1.165) is 50.3 Å². The minimum atomic E-state index is -3.51. The maximum Gasteiger partial charge on any atom is 0.233 e. The third-order valence-electron chi connectivity index (χ3n) is 6.78. The normalized spacial score (nSPS) is 24.1. The molecule has 0 spiro atoms. The number of amides is 1. The summed E-state index contributed by atoms with van der Waals surface area (Å²) >= 11 is 0. The van der Waals surface area contributed by atoms with Gasteiger partial charge < -0.3 is 9.47 Å². The summed E-state index contributed by atoms with van der Waals surface area (Å²) in [5, 5.41) is 0. The van der Waals surface area contributed by atoms with Gasteiger partial charge in [-0.1, -0.05) is 18.2 Å². The van der Waals surface area contributed by atoms with Crippen molar-refractivity contribution in [1.29, 1.82) is 0 Å². The molecule has 2 aromatic carbocycles. The van der Waals surface area contributed by atoms with E-state index in [0.29, 0.717) is 24.5 Å². The van der Waals surface area contributed by atoms with Crippen molar-refractivity contribution in [3.63, 3.8) is 0 Å². The predicted octanol–water partition coefficient (Wildman–Crippen LogP) is 5.08. The minimum Gasteiger partial charge on any atom is -0.457 e. The molecule has 6 nitrogen and oxygen atoms in total. The number of fused-ring (bicyclic) bond motifs is 2. The van der Waals surface area contributed by atoms with E-state index in [4.69, 9.17) is 9.47 Å². The van der Waals surface area contributed by atoms with Crippen LogP contribution in [0.4, 0.5) is 4.39 Å². The first kappa shape index (κ1) is 23.7. The molecule has 2 aliphatic carbocycles. The zero-order valence-electron chi connectivity index (χ0n) is 18.8. The molecular formula is C25H30FNO5S. The van der Waals surface area contributed by atoms with Crippen LogP contribution in [0.2, 0.25) is 0 Å². The van der Waals surface area contributed by atoms with Crippen LogP contribution in [0.25, 0.3) is 0 Å². The summed E-state index contributed by atoms with van der Waals surface area (Å²) in [6.45, 7) is 0.315. The molecule has 0 atom stereocenters. The SMILES string of the molecule is CS(=O)(=O)NC(=O)CCCC12CCC(OCc3cc(F)cc(Oc4ccccc4)c3)(CC1)C2. The van der Waals surface area contributed by atoms with Gasteiger partial charge in [-0.3, -0.25) is 9.52 Å². The van der Waals surface area contributed by atoms with Gasteiger partial charge in [0.2, 0.25) is 15.9 Å². The van der Waals surface area contributed by atoms with E-state index in [1.165, 1.54) is 12.1 Å². The molecule has 2 aliphatic rings. The third kappa shape index (κ3) is 6.32. The lowest BCUT2D eigenvalue weighted by atomic mass is 9.80. The van der Waals surface area contributed by atoms with Gasteiger partial charge in [0.05, 0.1) is 18.5 Å². The van der Waals surface area contributed by atoms with Gasteiger partial charge in [-0.05, 0) is 80.2 Å². The molecule has 0 radical (unpaired) electrons. The summed E-state index contributed by atoms with van der Waals surface area (Å²) in [6, 6.07) is 13.9. The van der Waals surface area contributed by atoms with Gasteiger partial charge in [0.25, 0.3) is 0 Å². The van der Waals surface area contributed by atoms with Gasteiger partial charge in [-0.25, -0.2) is 12.8 Å². The second-order valence-electron chi connectivity index (χ2n) is 9.51. The number of hydrogen-bond donors (Lipinski definition) is 1. The second-order valence-corrected chi connectivity index (χ2v) is 11.3. The maximum atomic E-state index is 14.2. The van der Waals surface area contributed by atoms with Gasteiger partial charge in [-0.2, -0.15) is 0 Å². The molecule has 0 heterocycles. The highest BCUT2D eigenvalue weighted by molar-refractivity contribution is 7.89. The molecule has 2 aromatic rings. The summed E-state index contributed by atoms with van der Waals surface area (Å²) < 4.78 is 50.7. The number of rotatable bonds is 10. The molecular weight excluding hydrogens is 445 g/mol. The van der Waals surface area contributed by atoms with Gasteiger partial charge in [-0.15, -0.1) is 0 Å². The summed E-state index contributed by atoms with van der Waals surface area (Å²) in [5.74, 6) is 0.276. The highest BCUT2D eigenvalue weighted by Gasteiger charge is 2.54. The van der Waals surface area contributed by atoms with Crippen molar-refractivity contribution in [3.8, 4) is 11.5 Å². The Balaban J connectivity index is 1.30. The number of carbonyl (C=O) groups is 1. The molecule has 0 aliphatic heterocycles. The number of carbonyl (C=O) groups excluding carboxylic acids is 1. The summed E-state index contributed by atoms with van der Waals surface area (Å²) in [6.07, 6.45) is 7.62. The monoisotopic (exact) mass is 475 g/mol. The van der Waals surface area contributed by atoms with Gasteiger partial charge in [0.1, 0.15) is 17.3 Å². The van der Waals surface area contributed by atoms with E-state index in [2.05, 4.69) is 0 Å². The Morgan fingerprint density at radius 3 is 2.48 bits per heavy atom. The first-order chi connectivity index (χ1) is 15.6. The van der Waals surface area contributed by atoms with Crippen LogP contribution in [-0.2, 0) is 26.2 Å². The Morgan fingerprint density at radius 2 is 1.79 bits per heavy atom. The lowest BCUT2D eigenvalue weighted by molar-refractivity contribution is -0.119. The Hall–Kier alpha value is -2.45. The molecule has 1 N–H and O–H groups in total. The van der Waals surface area contributed by atoms with Crippen molar-refractivity contribution < 1.29 is 27.1 Å². The van der Waals surface area contributed by atoms with E-state index in [-0.39, 0.29) is 23.3 Å². The smallest absolute Gasteiger partial charge is 0.233 e. The standard InChI is InChI=1S/C25H30FNO5S/c1-33(29,30)27-23(28)8-5-9-24-10-12-25(18-24,13-11-24)31-17-19-14-20(26)16-22(15-19)32-21-6-3-2-4-7-21/h2-4,6-7,14-16H,5,8-13,17-18H2,1H3,(H,27,28). The predicted molar refractivity (Wildman–Crippen MR) is 123 cm³/mol. The molecule has 2 fully saturated rings. The molecule has 0 saturated heterocycles. The molecule has 1 amide bonds. The Labute approximate surface area is 194 Å². The molecule has 8 heteroatoms. The number of benzene rings is 2. The molecule has 0 unspecified atom stereocenters. The number of halogens is 1. The fourth-order valence-corrected chi connectivity index (χ4v) is 5.83. The maximum absolute atomic E-state index is 14.2. The number of sulfonamides is 1. The molecule has 178 valence electrons. The molecule has 4 rings (SSSR count). The quantitative estimate of drug-likeness (QED) is 0.518. The third-order valence-corrected chi connectivity index (χ3v) is 7.38. The molecule has 0 aromatic heterocycles. The van der Waals surface area contributed by atoms with Gasteiger partial charge in [0.15, 0.2) is 0 Å². The topological polar surface area (TPSA) is 81.7 Å². The van der Waals surface area contributed by atoms with Crippen LogP contribution in [-0.4, -0.2) is 26.2 Å². The lowest BCUT2D eigenvalue weighted by Gasteiger charge is -2.28. The van der Waals surface area contributed by atoms with Crippen molar-refractivity contribution in [2.24, 2.45) is 5.41 Å². The van der Waals surface area contributed by atoms with Crippen LogP contribution in [0.15, 0.2) is 48.5 Å². The van der Waals surface area contributed by atoms with Crippen molar-refractivity contribution in [3.05, 3.63) is 59.9 Å². The van der Waals surface area contributed by atoms with Crippen LogP contribution in [0.3, 0.4) is 0 Å². The van der Waals surface area contributed by atoms with E-state index in [1.54, 1.807) is 0 Å². The van der Waals surface area contributed by atoms with Crippen molar-refractivity contribution in [1.82, 2.24) is 4.72 Å². The minimum absolute atomic E-state index is 0.148. The van der Waals surface area contributed by atoms with E-state index in [9.17, 15) is 17.6 Å². The van der Waals surface area contributed by atoms with Crippen LogP contribution < -0.4 is 9.46 Å². The fraction of sp³-hybridized carbons (Fsp3) is 0.480. The molecule has 33 heavy (non-hydrogen) atoms. The fourth-order valence-electron chi connectivity index (χ4n) is 5.31. The number of para-hydroxylation sites is 1. The summed E-state index contributed by atoms with van der Waals surface area (Å²) in [4.78, 5) is 11.8. The van der Waals surface area contributed by atoms with Crippen LogP contribution in [0, 0.1) is 11.2 Å². The number of hydrogen-bond acceptors (Lipinski definition) is 5. The molecule has 2 saturated carbocycles. The Kier molecular flexibility index (Phi) is 6.77. The highest BCUT2D eigenvalue weighted by atomic mass is 32.2. The second kappa shape index (κ2) is 9.43. The number of nitrogens with one attached hydrogen (secondary N) is 1. The lowest BCUT2D eigenvalue weighted by Crippen LogP contribution is -2.29.